The van der Waals surface area contributed by atoms with Gasteiger partial charge in [-0.1, -0.05) is 0 Å². The minimum atomic E-state index is -0.590. The van der Waals surface area contributed by atoms with Crippen molar-refractivity contribution in [3.8, 4) is 0 Å². The van der Waals surface area contributed by atoms with Crippen LogP contribution in [0.2, 0.25) is 0 Å². The molecule has 0 spiro atoms. The van der Waals surface area contributed by atoms with Crippen molar-refractivity contribution < 1.29 is 14.4 Å². The number of anilines is 1. The van der Waals surface area contributed by atoms with Crippen LogP contribution in [-0.4, -0.2) is 60.0 Å². The summed E-state index contributed by atoms with van der Waals surface area (Å²) in [6.45, 7) is 2.84. The Balaban J connectivity index is 1.44. The second-order valence-electron chi connectivity index (χ2n) is 5.24. The topological polar surface area (TPSA) is 94.6 Å². The summed E-state index contributed by atoms with van der Waals surface area (Å²) in [5.41, 5.74) is 0. The van der Waals surface area contributed by atoms with Gasteiger partial charge in [-0.15, -0.1) is 11.3 Å². The highest BCUT2D eigenvalue weighted by Crippen LogP contribution is 2.19. The summed E-state index contributed by atoms with van der Waals surface area (Å²) >= 11 is 1.59. The molecule has 0 unspecified atom stereocenters. The maximum absolute atomic E-state index is 12.2. The van der Waals surface area contributed by atoms with Crippen LogP contribution in [0.15, 0.2) is 11.6 Å². The molecule has 2 saturated heterocycles. The first-order valence-electron chi connectivity index (χ1n) is 7.17. The molecule has 3 heterocycles. The van der Waals surface area contributed by atoms with Crippen LogP contribution >= 0.6 is 11.3 Å². The maximum Gasteiger partial charge on any atom is 0.322 e. The Morgan fingerprint density at radius 3 is 2.68 bits per heavy atom. The average Bonchev–Trinajstić information content (AvgIpc) is 3.15. The number of hydrogen-bond acceptors (Lipinski definition) is 6. The first-order valence-corrected chi connectivity index (χ1v) is 8.05. The van der Waals surface area contributed by atoms with E-state index in [0.29, 0.717) is 19.5 Å². The molecule has 2 aliphatic rings. The van der Waals surface area contributed by atoms with Gasteiger partial charge in [-0.3, -0.25) is 14.9 Å². The zero-order chi connectivity index (χ0) is 15.5. The summed E-state index contributed by atoms with van der Waals surface area (Å²) in [4.78, 5) is 42.9. The number of nitrogens with zero attached hydrogens (tertiary/aromatic N) is 3. The highest BCUT2D eigenvalue weighted by Gasteiger charge is 2.30. The number of aromatic nitrogens is 1. The molecule has 0 bridgehead atoms. The summed E-state index contributed by atoms with van der Waals surface area (Å²) in [6.07, 6.45) is 2.37. The van der Waals surface area contributed by atoms with Gasteiger partial charge in [-0.05, 0) is 6.42 Å². The van der Waals surface area contributed by atoms with E-state index in [1.165, 1.54) is 0 Å². The van der Waals surface area contributed by atoms with E-state index in [2.05, 4.69) is 20.5 Å². The van der Waals surface area contributed by atoms with Gasteiger partial charge in [-0.25, -0.2) is 9.78 Å². The van der Waals surface area contributed by atoms with Gasteiger partial charge in [-0.2, -0.15) is 0 Å². The van der Waals surface area contributed by atoms with E-state index in [1.807, 2.05) is 5.38 Å². The van der Waals surface area contributed by atoms with Crippen molar-refractivity contribution in [3.63, 3.8) is 0 Å². The minimum absolute atomic E-state index is 0.0211. The molecule has 1 atom stereocenters. The number of amides is 4. The maximum atomic E-state index is 12.2. The lowest BCUT2D eigenvalue weighted by molar-refractivity contribution is -0.131. The number of rotatable bonds is 4. The number of nitrogens with one attached hydrogen (secondary N) is 2. The van der Waals surface area contributed by atoms with Gasteiger partial charge in [0.1, 0.15) is 6.04 Å². The number of urea groups is 1. The van der Waals surface area contributed by atoms with Crippen LogP contribution in [0.3, 0.4) is 0 Å². The van der Waals surface area contributed by atoms with E-state index in [9.17, 15) is 14.4 Å². The van der Waals surface area contributed by atoms with Crippen molar-refractivity contribution in [2.75, 3.05) is 31.1 Å². The molecule has 2 aliphatic heterocycles. The zero-order valence-electron chi connectivity index (χ0n) is 11.9. The van der Waals surface area contributed by atoms with Crippen molar-refractivity contribution in [2.45, 2.75) is 18.9 Å². The molecule has 0 radical (unpaired) electrons. The van der Waals surface area contributed by atoms with Gasteiger partial charge in [0.05, 0.1) is 0 Å². The van der Waals surface area contributed by atoms with Crippen LogP contribution < -0.4 is 15.5 Å². The fourth-order valence-electron chi connectivity index (χ4n) is 2.61. The predicted octanol–water partition coefficient (Wildman–Crippen LogP) is -0.220. The Morgan fingerprint density at radius 2 is 2.09 bits per heavy atom. The SMILES string of the molecule is O=C1NC(=O)[C@H](CCC(=O)N2CCN(c3nccs3)CC2)N1. The molecule has 3 rings (SSSR count). The molecule has 8 nitrogen and oxygen atoms in total. The van der Waals surface area contributed by atoms with Crippen LogP contribution in [0, 0.1) is 0 Å². The van der Waals surface area contributed by atoms with Gasteiger partial charge in [0, 0.05) is 44.2 Å². The Hall–Kier alpha value is -2.16. The smallest absolute Gasteiger partial charge is 0.322 e. The van der Waals surface area contributed by atoms with Crippen LogP contribution in [0.4, 0.5) is 9.93 Å². The number of imide groups is 1. The zero-order valence-corrected chi connectivity index (χ0v) is 12.8. The predicted molar refractivity (Wildman–Crippen MR) is 80.6 cm³/mol. The van der Waals surface area contributed by atoms with Gasteiger partial charge >= 0.3 is 6.03 Å². The second-order valence-corrected chi connectivity index (χ2v) is 6.11. The molecule has 2 N–H and O–H groups in total. The van der Waals surface area contributed by atoms with Crippen LogP contribution in [-0.2, 0) is 9.59 Å². The van der Waals surface area contributed by atoms with E-state index in [0.717, 1.165) is 18.2 Å². The van der Waals surface area contributed by atoms with E-state index < -0.39 is 12.1 Å². The lowest BCUT2D eigenvalue weighted by Crippen LogP contribution is -2.49. The molecule has 1 aromatic rings. The highest BCUT2D eigenvalue weighted by molar-refractivity contribution is 7.13. The lowest BCUT2D eigenvalue weighted by Gasteiger charge is -2.34. The third-order valence-corrected chi connectivity index (χ3v) is 4.66. The molecule has 2 fully saturated rings. The first kappa shape index (κ1) is 14.8. The van der Waals surface area contributed by atoms with Gasteiger partial charge in [0.15, 0.2) is 5.13 Å². The molecule has 0 aliphatic carbocycles. The van der Waals surface area contributed by atoms with E-state index in [4.69, 9.17) is 0 Å². The third-order valence-electron chi connectivity index (χ3n) is 3.83. The van der Waals surface area contributed by atoms with Crippen molar-refractivity contribution in [1.29, 1.82) is 0 Å². The summed E-state index contributed by atoms with van der Waals surface area (Å²) in [6, 6.07) is -1.08. The molecule has 0 saturated carbocycles. The molecular weight excluding hydrogens is 306 g/mol. The summed E-state index contributed by atoms with van der Waals surface area (Å²) in [7, 11) is 0. The third kappa shape index (κ3) is 3.19. The number of carbonyl (C=O) groups excluding carboxylic acids is 3. The highest BCUT2D eigenvalue weighted by atomic mass is 32.1. The lowest BCUT2D eigenvalue weighted by atomic mass is 10.1. The first-order chi connectivity index (χ1) is 10.6. The fourth-order valence-corrected chi connectivity index (χ4v) is 3.30. The quantitative estimate of drug-likeness (QED) is 0.747. The van der Waals surface area contributed by atoms with E-state index in [1.54, 1.807) is 22.4 Å². The van der Waals surface area contributed by atoms with Gasteiger partial charge < -0.3 is 15.1 Å². The molecular formula is C13H17N5O3S. The Kier molecular flexibility index (Phi) is 4.23. The van der Waals surface area contributed by atoms with E-state index in [-0.39, 0.29) is 18.2 Å². The monoisotopic (exact) mass is 323 g/mol. The average molecular weight is 323 g/mol. The number of hydrogen-bond donors (Lipinski definition) is 2. The standard InChI is InChI=1S/C13H17N5O3S/c19-10(2-1-9-11(20)16-12(21)15-9)17-4-6-18(7-5-17)13-14-3-8-22-13/h3,8-9H,1-2,4-7H2,(H2,15,16,20,21)/t9-/m0/s1. The normalized spacial score (nSPS) is 21.7. The van der Waals surface area contributed by atoms with Crippen molar-refractivity contribution in [2.24, 2.45) is 0 Å². The van der Waals surface area contributed by atoms with Crippen LogP contribution in [0.25, 0.3) is 0 Å². The number of carbonyl (C=O) groups is 3. The van der Waals surface area contributed by atoms with Gasteiger partial charge in [0.2, 0.25) is 5.91 Å². The molecule has 22 heavy (non-hydrogen) atoms. The van der Waals surface area contributed by atoms with E-state index >= 15 is 0 Å². The molecule has 9 heteroatoms. The van der Waals surface area contributed by atoms with Crippen LogP contribution in [0.5, 0.6) is 0 Å². The molecule has 1 aromatic heterocycles. The summed E-state index contributed by atoms with van der Waals surface area (Å²) in [5, 5.41) is 7.59. The van der Waals surface area contributed by atoms with Crippen LogP contribution in [0.1, 0.15) is 12.8 Å². The van der Waals surface area contributed by atoms with Crippen molar-refractivity contribution in [1.82, 2.24) is 20.5 Å². The Morgan fingerprint density at radius 1 is 1.32 bits per heavy atom. The second kappa shape index (κ2) is 6.30. The van der Waals surface area contributed by atoms with Crippen molar-refractivity contribution >= 4 is 34.3 Å². The molecule has 0 aromatic carbocycles. The minimum Gasteiger partial charge on any atom is -0.345 e. The Bertz CT molecular complexity index is 568. The summed E-state index contributed by atoms with van der Waals surface area (Å²) < 4.78 is 0. The molecule has 4 amide bonds. The largest absolute Gasteiger partial charge is 0.345 e. The summed E-state index contributed by atoms with van der Waals surface area (Å²) in [5.74, 6) is -0.334. The Labute approximate surface area is 131 Å². The fraction of sp³-hybridized carbons (Fsp3) is 0.538. The number of piperazine rings is 1. The number of thiazole rings is 1. The molecule has 118 valence electrons. The van der Waals surface area contributed by atoms with Crippen molar-refractivity contribution in [3.05, 3.63) is 11.6 Å². The van der Waals surface area contributed by atoms with Gasteiger partial charge in [0.25, 0.3) is 5.91 Å².